The summed E-state index contributed by atoms with van der Waals surface area (Å²) in [5.74, 6) is -1.05. The molecule has 35 heavy (non-hydrogen) atoms. The van der Waals surface area contributed by atoms with E-state index in [0.29, 0.717) is 24.3 Å². The number of fused-ring (bicyclic) bond motifs is 1. The quantitative estimate of drug-likeness (QED) is 0.214. The van der Waals surface area contributed by atoms with E-state index < -0.39 is 17.7 Å². The van der Waals surface area contributed by atoms with E-state index in [1.165, 1.54) is 18.4 Å². The minimum Gasteiger partial charge on any atom is -0.507 e. The second kappa shape index (κ2) is 9.07. The van der Waals surface area contributed by atoms with Gasteiger partial charge in [0.25, 0.3) is 11.7 Å². The number of para-hydroxylation sites is 1. The second-order valence-corrected chi connectivity index (χ2v) is 9.72. The highest BCUT2D eigenvalue weighted by Gasteiger charge is 2.47. The molecule has 4 aromatic rings. The van der Waals surface area contributed by atoms with Crippen molar-refractivity contribution < 1.29 is 19.4 Å². The number of aliphatic hydroxyl groups is 1. The molecule has 1 unspecified atom stereocenters. The van der Waals surface area contributed by atoms with Crippen molar-refractivity contribution in [3.63, 3.8) is 0 Å². The van der Waals surface area contributed by atoms with E-state index >= 15 is 0 Å². The lowest BCUT2D eigenvalue weighted by molar-refractivity contribution is -0.139. The molecule has 2 aromatic carbocycles. The van der Waals surface area contributed by atoms with Crippen LogP contribution in [0.1, 0.15) is 33.2 Å². The maximum absolute atomic E-state index is 13.4. The second-order valence-electron chi connectivity index (χ2n) is 8.77. The fraction of sp³-hybridized carbons (Fsp3) is 0.214. The number of aryl methyl sites for hydroxylation is 2. The van der Waals surface area contributed by atoms with Crippen LogP contribution in [0.2, 0.25) is 0 Å². The molecule has 2 N–H and O–H groups in total. The van der Waals surface area contributed by atoms with E-state index in [0.717, 1.165) is 32.5 Å². The van der Waals surface area contributed by atoms with Gasteiger partial charge in [-0.2, -0.15) is 0 Å². The lowest BCUT2D eigenvalue weighted by atomic mass is 9.97. The predicted octanol–water partition coefficient (Wildman–Crippen LogP) is 5.52. The van der Waals surface area contributed by atoms with Gasteiger partial charge in [-0.1, -0.05) is 29.8 Å². The van der Waals surface area contributed by atoms with Crippen LogP contribution in [0.4, 0.5) is 0 Å². The minimum atomic E-state index is -0.678. The summed E-state index contributed by atoms with van der Waals surface area (Å²) in [7, 11) is 1.52. The van der Waals surface area contributed by atoms with Gasteiger partial charge in [-0.05, 0) is 61.0 Å². The number of nitrogens with one attached hydrogen (secondary N) is 1. The van der Waals surface area contributed by atoms with Crippen LogP contribution in [0.5, 0.6) is 5.75 Å². The van der Waals surface area contributed by atoms with Crippen molar-refractivity contribution in [2.45, 2.75) is 26.3 Å². The standard InChI is InChI=1S/C28H26N2O4S/c1-16-8-9-22(34-3)20(14-16)25(31)23-24(27-17(2)11-13-35-27)30(28(33)26(23)32)12-10-18-15-29-21-7-5-4-6-19(18)21/h4-9,11,13-15,24,29,31H,10,12H2,1-3H3/b25-23-. The highest BCUT2D eigenvalue weighted by atomic mass is 32.1. The molecule has 6 nitrogen and oxygen atoms in total. The Hall–Kier alpha value is -3.84. The number of methoxy groups -OCH3 is 1. The number of nitrogens with zero attached hydrogens (tertiary/aromatic N) is 1. The number of hydrogen-bond acceptors (Lipinski definition) is 5. The zero-order chi connectivity index (χ0) is 24.7. The smallest absolute Gasteiger partial charge is 0.295 e. The van der Waals surface area contributed by atoms with Gasteiger partial charge in [0.1, 0.15) is 11.5 Å². The first-order chi connectivity index (χ1) is 16.9. The average molecular weight is 487 g/mol. The van der Waals surface area contributed by atoms with Crippen LogP contribution in [0, 0.1) is 13.8 Å². The Morgan fingerprint density at radius 3 is 2.69 bits per heavy atom. The van der Waals surface area contributed by atoms with Gasteiger partial charge in [-0.15, -0.1) is 11.3 Å². The molecule has 178 valence electrons. The number of amides is 1. The summed E-state index contributed by atoms with van der Waals surface area (Å²) in [5, 5.41) is 14.5. The molecule has 1 atom stereocenters. The molecule has 2 aromatic heterocycles. The molecule has 5 rings (SSSR count). The number of benzene rings is 2. The van der Waals surface area contributed by atoms with Crippen LogP contribution in [0.3, 0.4) is 0 Å². The first-order valence-corrected chi connectivity index (χ1v) is 12.3. The zero-order valence-electron chi connectivity index (χ0n) is 19.8. The monoisotopic (exact) mass is 486 g/mol. The number of aromatic amines is 1. The molecule has 0 saturated carbocycles. The van der Waals surface area contributed by atoms with E-state index in [1.807, 2.05) is 61.8 Å². The van der Waals surface area contributed by atoms with Crippen molar-refractivity contribution in [3.8, 4) is 5.75 Å². The van der Waals surface area contributed by atoms with Gasteiger partial charge in [-0.25, -0.2) is 0 Å². The lowest BCUT2D eigenvalue weighted by Crippen LogP contribution is -2.31. The summed E-state index contributed by atoms with van der Waals surface area (Å²) in [6.07, 6.45) is 2.52. The number of ether oxygens (including phenoxy) is 1. The van der Waals surface area contributed by atoms with E-state index in [-0.39, 0.29) is 11.3 Å². The molecule has 1 amide bonds. The number of H-pyrrole nitrogens is 1. The normalized spacial score (nSPS) is 17.5. The van der Waals surface area contributed by atoms with E-state index in [9.17, 15) is 14.7 Å². The number of carbonyl (C=O) groups is 2. The molecule has 1 fully saturated rings. The van der Waals surface area contributed by atoms with Crippen molar-refractivity contribution in [3.05, 3.63) is 92.8 Å². The molecule has 0 radical (unpaired) electrons. The molecule has 7 heteroatoms. The average Bonchev–Trinajstić information content (AvgIpc) is 3.54. The molecule has 0 aliphatic carbocycles. The minimum absolute atomic E-state index is 0.100. The highest BCUT2D eigenvalue weighted by Crippen LogP contribution is 2.43. The topological polar surface area (TPSA) is 82.6 Å². The Morgan fingerprint density at radius 2 is 1.94 bits per heavy atom. The van der Waals surface area contributed by atoms with E-state index in [1.54, 1.807) is 17.0 Å². The van der Waals surface area contributed by atoms with Crippen molar-refractivity contribution in [2.75, 3.05) is 13.7 Å². The number of aromatic nitrogens is 1. The van der Waals surface area contributed by atoms with Gasteiger partial charge in [-0.3, -0.25) is 9.59 Å². The lowest BCUT2D eigenvalue weighted by Gasteiger charge is -2.25. The summed E-state index contributed by atoms with van der Waals surface area (Å²) < 4.78 is 5.45. The van der Waals surface area contributed by atoms with E-state index in [2.05, 4.69) is 4.98 Å². The number of rotatable bonds is 6. The molecule has 1 aliphatic rings. The van der Waals surface area contributed by atoms with Crippen LogP contribution >= 0.6 is 11.3 Å². The number of aliphatic hydroxyl groups excluding tert-OH is 1. The maximum Gasteiger partial charge on any atom is 0.295 e. The Balaban J connectivity index is 1.60. The largest absolute Gasteiger partial charge is 0.507 e. The number of ketones is 1. The maximum atomic E-state index is 13.4. The summed E-state index contributed by atoms with van der Waals surface area (Å²) in [6.45, 7) is 4.20. The number of thiophene rings is 1. The SMILES string of the molecule is COc1ccc(C)cc1/C(O)=C1/C(=O)C(=O)N(CCc2c[nH]c3ccccc23)C1c1sccc1C. The molecule has 0 bridgehead atoms. The molecular weight excluding hydrogens is 460 g/mol. The van der Waals surface area contributed by atoms with Crippen molar-refractivity contribution in [1.82, 2.24) is 9.88 Å². The van der Waals surface area contributed by atoms with Gasteiger partial charge in [0.2, 0.25) is 0 Å². The summed E-state index contributed by atoms with van der Waals surface area (Å²) >= 11 is 1.48. The molecule has 3 heterocycles. The predicted molar refractivity (Wildman–Crippen MR) is 138 cm³/mol. The van der Waals surface area contributed by atoms with Crippen molar-refractivity contribution >= 4 is 39.7 Å². The van der Waals surface area contributed by atoms with Gasteiger partial charge in [0.15, 0.2) is 0 Å². The van der Waals surface area contributed by atoms with Crippen LogP contribution in [-0.2, 0) is 16.0 Å². The zero-order valence-corrected chi connectivity index (χ0v) is 20.6. The summed E-state index contributed by atoms with van der Waals surface area (Å²) in [5.41, 5.74) is 4.49. The van der Waals surface area contributed by atoms with Gasteiger partial charge >= 0.3 is 0 Å². The number of likely N-dealkylation sites (tertiary alicyclic amines) is 1. The number of carbonyl (C=O) groups excluding carboxylic acids is 2. The molecule has 0 spiro atoms. The summed E-state index contributed by atoms with van der Waals surface area (Å²) in [4.78, 5) is 32.4. The van der Waals surface area contributed by atoms with Gasteiger partial charge in [0.05, 0.1) is 24.3 Å². The summed E-state index contributed by atoms with van der Waals surface area (Å²) in [6, 6.07) is 14.7. The van der Waals surface area contributed by atoms with Crippen LogP contribution in [0.15, 0.2) is 65.7 Å². The first kappa shape index (κ1) is 22.9. The van der Waals surface area contributed by atoms with E-state index in [4.69, 9.17) is 4.74 Å². The molecular formula is C28H26N2O4S. The number of Topliss-reactive ketones (excluding diaryl/α,β-unsaturated/α-hetero) is 1. The highest BCUT2D eigenvalue weighted by molar-refractivity contribution is 7.10. The van der Waals surface area contributed by atoms with Gasteiger partial charge in [0, 0.05) is 28.5 Å². The molecule has 1 aliphatic heterocycles. The third-order valence-corrected chi connectivity index (χ3v) is 7.67. The van der Waals surface area contributed by atoms with Crippen molar-refractivity contribution in [1.29, 1.82) is 0 Å². The fourth-order valence-corrected chi connectivity index (χ4v) is 5.83. The number of hydrogen-bond donors (Lipinski definition) is 2. The van der Waals surface area contributed by atoms with Crippen LogP contribution in [-0.4, -0.2) is 40.3 Å². The molecule has 1 saturated heterocycles. The Labute approximate surface area is 207 Å². The van der Waals surface area contributed by atoms with Crippen molar-refractivity contribution in [2.24, 2.45) is 0 Å². The fourth-order valence-electron chi connectivity index (χ4n) is 4.78. The first-order valence-electron chi connectivity index (χ1n) is 11.4. The Morgan fingerprint density at radius 1 is 1.14 bits per heavy atom. The van der Waals surface area contributed by atoms with Crippen LogP contribution in [0.25, 0.3) is 16.7 Å². The van der Waals surface area contributed by atoms with Crippen LogP contribution < -0.4 is 4.74 Å². The third kappa shape index (κ3) is 3.91. The Kier molecular flexibility index (Phi) is 5.94. The van der Waals surface area contributed by atoms with Gasteiger partial charge < -0.3 is 19.7 Å². The Bertz CT molecular complexity index is 1480. The third-order valence-electron chi connectivity index (χ3n) is 6.60.